The molecule has 2 rings (SSSR count). The smallest absolute Gasteiger partial charge is 0.179 e. The molecule has 0 bridgehead atoms. The molecule has 1 aromatic heterocycles. The second-order valence-electron chi connectivity index (χ2n) is 4.46. The molecule has 0 spiro atoms. The maximum absolute atomic E-state index is 5.49. The minimum absolute atomic E-state index is 0.0514. The molecule has 0 amide bonds. The van der Waals surface area contributed by atoms with Crippen LogP contribution in [0.4, 0.5) is 0 Å². The van der Waals surface area contributed by atoms with E-state index in [9.17, 15) is 0 Å². The highest BCUT2D eigenvalue weighted by atomic mass is 16.6. The SMILES string of the molecule is CC(C)(C)c1cc2c(cn1)OCCO2. The molecule has 0 unspecified atom stereocenters. The van der Waals surface area contributed by atoms with E-state index in [1.807, 2.05) is 6.07 Å². The van der Waals surface area contributed by atoms with Crippen molar-refractivity contribution in [2.45, 2.75) is 26.2 Å². The summed E-state index contributed by atoms with van der Waals surface area (Å²) in [6.45, 7) is 7.63. The van der Waals surface area contributed by atoms with E-state index in [2.05, 4.69) is 25.8 Å². The lowest BCUT2D eigenvalue weighted by atomic mass is 9.91. The van der Waals surface area contributed by atoms with Gasteiger partial charge in [0.2, 0.25) is 0 Å². The van der Waals surface area contributed by atoms with E-state index in [-0.39, 0.29) is 5.41 Å². The lowest BCUT2D eigenvalue weighted by Gasteiger charge is -2.22. The minimum atomic E-state index is 0.0514. The van der Waals surface area contributed by atoms with E-state index < -0.39 is 0 Å². The zero-order chi connectivity index (χ0) is 10.2. The Labute approximate surface area is 84.1 Å². The monoisotopic (exact) mass is 193 g/mol. The van der Waals surface area contributed by atoms with Gasteiger partial charge in [-0.2, -0.15) is 0 Å². The Balaban J connectivity index is 2.39. The number of fused-ring (bicyclic) bond motifs is 1. The van der Waals surface area contributed by atoms with Gasteiger partial charge in [0.25, 0.3) is 0 Å². The summed E-state index contributed by atoms with van der Waals surface area (Å²) in [5, 5.41) is 0. The molecule has 3 nitrogen and oxygen atoms in total. The summed E-state index contributed by atoms with van der Waals surface area (Å²) in [5.41, 5.74) is 1.08. The Morgan fingerprint density at radius 3 is 2.43 bits per heavy atom. The summed E-state index contributed by atoms with van der Waals surface area (Å²) in [4.78, 5) is 4.36. The van der Waals surface area contributed by atoms with E-state index in [0.717, 1.165) is 17.2 Å². The molecule has 1 aliphatic rings. The van der Waals surface area contributed by atoms with Crippen LogP contribution < -0.4 is 9.47 Å². The van der Waals surface area contributed by atoms with Gasteiger partial charge in [0.1, 0.15) is 13.2 Å². The molecule has 3 heteroatoms. The summed E-state index contributed by atoms with van der Waals surface area (Å²) in [6, 6.07) is 1.97. The highest BCUT2D eigenvalue weighted by Crippen LogP contribution is 2.32. The first kappa shape index (κ1) is 9.31. The Morgan fingerprint density at radius 2 is 1.79 bits per heavy atom. The van der Waals surface area contributed by atoms with E-state index >= 15 is 0 Å². The zero-order valence-corrected chi connectivity index (χ0v) is 8.83. The van der Waals surface area contributed by atoms with Crippen LogP contribution in [0, 0.1) is 0 Å². The van der Waals surface area contributed by atoms with Crippen molar-refractivity contribution < 1.29 is 9.47 Å². The first-order valence-corrected chi connectivity index (χ1v) is 4.83. The molecule has 0 radical (unpaired) electrons. The second-order valence-corrected chi connectivity index (χ2v) is 4.46. The van der Waals surface area contributed by atoms with Gasteiger partial charge in [-0.15, -0.1) is 0 Å². The molecular weight excluding hydrogens is 178 g/mol. The Morgan fingerprint density at radius 1 is 1.14 bits per heavy atom. The topological polar surface area (TPSA) is 31.4 Å². The number of aromatic nitrogens is 1. The maximum atomic E-state index is 5.49. The van der Waals surface area contributed by atoms with E-state index in [0.29, 0.717) is 13.2 Å². The third-order valence-corrected chi connectivity index (χ3v) is 2.20. The highest BCUT2D eigenvalue weighted by Gasteiger charge is 2.19. The van der Waals surface area contributed by atoms with Gasteiger partial charge < -0.3 is 9.47 Å². The number of rotatable bonds is 0. The lowest BCUT2D eigenvalue weighted by Crippen LogP contribution is -2.18. The molecule has 0 fully saturated rings. The zero-order valence-electron chi connectivity index (χ0n) is 8.83. The van der Waals surface area contributed by atoms with Crippen LogP contribution in [0.2, 0.25) is 0 Å². The quantitative estimate of drug-likeness (QED) is 0.632. The van der Waals surface area contributed by atoms with Gasteiger partial charge in [-0.05, 0) is 0 Å². The van der Waals surface area contributed by atoms with Crippen LogP contribution in [0.25, 0.3) is 0 Å². The second kappa shape index (κ2) is 3.15. The third kappa shape index (κ3) is 1.67. The molecule has 0 saturated carbocycles. The van der Waals surface area contributed by atoms with Gasteiger partial charge in [-0.3, -0.25) is 4.98 Å². The largest absolute Gasteiger partial charge is 0.486 e. The molecule has 0 aliphatic carbocycles. The van der Waals surface area contributed by atoms with Crippen LogP contribution in [0.1, 0.15) is 26.5 Å². The van der Waals surface area contributed by atoms with Gasteiger partial charge in [-0.25, -0.2) is 0 Å². The van der Waals surface area contributed by atoms with Gasteiger partial charge in [0.15, 0.2) is 11.5 Å². The van der Waals surface area contributed by atoms with Crippen molar-refractivity contribution in [3.8, 4) is 11.5 Å². The van der Waals surface area contributed by atoms with Crippen molar-refractivity contribution in [3.63, 3.8) is 0 Å². The number of hydrogen-bond acceptors (Lipinski definition) is 3. The van der Waals surface area contributed by atoms with Crippen molar-refractivity contribution in [2.75, 3.05) is 13.2 Å². The molecule has 0 atom stereocenters. The standard InChI is InChI=1S/C11H15NO2/c1-11(2,3)10-6-8-9(7-12-10)14-5-4-13-8/h6-7H,4-5H2,1-3H3. The van der Waals surface area contributed by atoms with Gasteiger partial charge >= 0.3 is 0 Å². The average Bonchev–Trinajstić information content (AvgIpc) is 2.16. The Hall–Kier alpha value is -1.25. The number of nitrogens with zero attached hydrogens (tertiary/aromatic N) is 1. The van der Waals surface area contributed by atoms with Crippen molar-refractivity contribution in [1.29, 1.82) is 0 Å². The van der Waals surface area contributed by atoms with Crippen LogP contribution in [0.15, 0.2) is 12.3 Å². The van der Waals surface area contributed by atoms with Crippen molar-refractivity contribution in [1.82, 2.24) is 4.98 Å². The van der Waals surface area contributed by atoms with Crippen LogP contribution in [0.5, 0.6) is 11.5 Å². The van der Waals surface area contributed by atoms with Gasteiger partial charge in [-0.1, -0.05) is 20.8 Å². The minimum Gasteiger partial charge on any atom is -0.486 e. The third-order valence-electron chi connectivity index (χ3n) is 2.20. The van der Waals surface area contributed by atoms with E-state index in [1.165, 1.54) is 0 Å². The Bertz CT molecular complexity index is 342. The van der Waals surface area contributed by atoms with Crippen LogP contribution in [0.3, 0.4) is 0 Å². The predicted molar refractivity (Wildman–Crippen MR) is 53.9 cm³/mol. The molecule has 1 aliphatic heterocycles. The van der Waals surface area contributed by atoms with Crippen LogP contribution in [-0.2, 0) is 5.41 Å². The molecule has 0 aromatic carbocycles. The van der Waals surface area contributed by atoms with Gasteiger partial charge in [0, 0.05) is 17.2 Å². The fourth-order valence-corrected chi connectivity index (χ4v) is 1.36. The van der Waals surface area contributed by atoms with Crippen molar-refractivity contribution >= 4 is 0 Å². The number of hydrogen-bond donors (Lipinski definition) is 0. The van der Waals surface area contributed by atoms with Crippen molar-refractivity contribution in [3.05, 3.63) is 18.0 Å². The first-order chi connectivity index (χ1) is 6.57. The molecular formula is C11H15NO2. The average molecular weight is 193 g/mol. The van der Waals surface area contributed by atoms with Crippen molar-refractivity contribution in [2.24, 2.45) is 0 Å². The fourth-order valence-electron chi connectivity index (χ4n) is 1.36. The van der Waals surface area contributed by atoms with E-state index in [1.54, 1.807) is 6.20 Å². The highest BCUT2D eigenvalue weighted by molar-refractivity contribution is 5.41. The summed E-state index contributed by atoms with van der Waals surface area (Å²) >= 11 is 0. The van der Waals surface area contributed by atoms with Crippen LogP contribution >= 0.6 is 0 Å². The maximum Gasteiger partial charge on any atom is 0.179 e. The summed E-state index contributed by atoms with van der Waals surface area (Å²) in [5.74, 6) is 1.57. The molecule has 1 aromatic rings. The Kier molecular flexibility index (Phi) is 2.10. The normalized spacial score (nSPS) is 15.4. The first-order valence-electron chi connectivity index (χ1n) is 4.83. The molecule has 0 saturated heterocycles. The molecule has 14 heavy (non-hydrogen) atoms. The summed E-state index contributed by atoms with van der Waals surface area (Å²) in [7, 11) is 0. The predicted octanol–water partition coefficient (Wildman–Crippen LogP) is 2.15. The molecule has 2 heterocycles. The summed E-state index contributed by atoms with van der Waals surface area (Å²) < 4.78 is 10.9. The number of pyridine rings is 1. The molecule has 0 N–H and O–H groups in total. The van der Waals surface area contributed by atoms with E-state index in [4.69, 9.17) is 9.47 Å². The number of ether oxygens (including phenoxy) is 2. The lowest BCUT2D eigenvalue weighted by molar-refractivity contribution is 0.170. The van der Waals surface area contributed by atoms with Crippen LogP contribution in [-0.4, -0.2) is 18.2 Å². The molecule has 76 valence electrons. The summed E-state index contributed by atoms with van der Waals surface area (Å²) in [6.07, 6.45) is 1.75. The fraction of sp³-hybridized carbons (Fsp3) is 0.545. The van der Waals surface area contributed by atoms with Gasteiger partial charge in [0.05, 0.1) is 6.20 Å².